The van der Waals surface area contributed by atoms with Gasteiger partial charge in [-0.1, -0.05) is 32.5 Å². The topological polar surface area (TPSA) is 99.4 Å². The van der Waals surface area contributed by atoms with Crippen molar-refractivity contribution in [3.63, 3.8) is 0 Å². The molecule has 1 aromatic carbocycles. The predicted molar refractivity (Wildman–Crippen MR) is 113 cm³/mol. The maximum atomic E-state index is 12.2. The van der Waals surface area contributed by atoms with Crippen molar-refractivity contribution in [2.75, 3.05) is 25.3 Å². The molecule has 0 aliphatic heterocycles. The average molecular weight is 435 g/mol. The minimum Gasteiger partial charge on any atom is -0.493 e. The van der Waals surface area contributed by atoms with Gasteiger partial charge in [0.1, 0.15) is 0 Å². The first-order chi connectivity index (χ1) is 13.8. The number of nitrogens with zero attached hydrogens (tertiary/aromatic N) is 3. The van der Waals surface area contributed by atoms with Gasteiger partial charge in [-0.15, -0.1) is 21.5 Å². The first-order valence-corrected chi connectivity index (χ1v) is 10.6. The predicted octanol–water partition coefficient (Wildman–Crippen LogP) is 4.24. The molecule has 0 saturated carbocycles. The Hall–Kier alpha value is -2.59. The van der Waals surface area contributed by atoms with E-state index in [1.807, 2.05) is 5.38 Å². The fraction of sp³-hybridized carbons (Fsp3) is 0.368. The lowest BCUT2D eigenvalue weighted by molar-refractivity contribution is -0.113. The molecule has 0 aliphatic carbocycles. The van der Waals surface area contributed by atoms with Gasteiger partial charge < -0.3 is 19.2 Å². The van der Waals surface area contributed by atoms with E-state index in [-0.39, 0.29) is 17.1 Å². The highest BCUT2D eigenvalue weighted by atomic mass is 32.2. The van der Waals surface area contributed by atoms with Gasteiger partial charge >= 0.3 is 0 Å². The van der Waals surface area contributed by atoms with Gasteiger partial charge in [-0.2, -0.15) is 0 Å². The molecule has 0 saturated heterocycles. The molecule has 10 heteroatoms. The Balaban J connectivity index is 1.59. The number of hydrogen-bond acceptors (Lipinski definition) is 9. The largest absolute Gasteiger partial charge is 0.493 e. The fourth-order valence-corrected chi connectivity index (χ4v) is 3.83. The summed E-state index contributed by atoms with van der Waals surface area (Å²) in [6.07, 6.45) is 0. The van der Waals surface area contributed by atoms with E-state index in [1.54, 1.807) is 32.4 Å². The Morgan fingerprint density at radius 1 is 1.21 bits per heavy atom. The van der Waals surface area contributed by atoms with Gasteiger partial charge in [0.15, 0.2) is 16.6 Å². The van der Waals surface area contributed by atoms with Gasteiger partial charge in [0.05, 0.1) is 25.7 Å². The molecule has 8 nitrogen and oxygen atoms in total. The van der Waals surface area contributed by atoms with Crippen molar-refractivity contribution in [1.29, 1.82) is 0 Å². The fourth-order valence-electron chi connectivity index (χ4n) is 2.31. The van der Waals surface area contributed by atoms with Crippen molar-refractivity contribution >= 4 is 34.1 Å². The number of nitrogens with one attached hydrogen (secondary N) is 1. The number of methoxy groups -OCH3 is 2. The number of aromatic nitrogens is 3. The molecule has 2 aromatic heterocycles. The van der Waals surface area contributed by atoms with Crippen LogP contribution in [-0.2, 0) is 10.2 Å². The van der Waals surface area contributed by atoms with Crippen LogP contribution in [0.5, 0.6) is 11.5 Å². The van der Waals surface area contributed by atoms with Crippen LogP contribution in [0.4, 0.5) is 5.13 Å². The number of carbonyl (C=O) groups is 1. The maximum Gasteiger partial charge on any atom is 0.277 e. The minimum absolute atomic E-state index is 0.0570. The molecule has 0 bridgehead atoms. The zero-order valence-corrected chi connectivity index (χ0v) is 18.4. The molecule has 1 N–H and O–H groups in total. The Bertz CT molecular complexity index is 994. The molecule has 0 fully saturated rings. The van der Waals surface area contributed by atoms with Crippen LogP contribution in [-0.4, -0.2) is 41.1 Å². The molecule has 1 amide bonds. The van der Waals surface area contributed by atoms with Crippen molar-refractivity contribution in [1.82, 2.24) is 15.2 Å². The van der Waals surface area contributed by atoms with Crippen molar-refractivity contribution in [3.05, 3.63) is 29.3 Å². The molecule has 3 rings (SSSR count). The monoisotopic (exact) mass is 434 g/mol. The molecule has 154 valence electrons. The third kappa shape index (κ3) is 5.27. The molecule has 0 aliphatic rings. The molecular formula is C19H22N4O4S2. The molecule has 0 spiro atoms. The maximum absolute atomic E-state index is 12.2. The summed E-state index contributed by atoms with van der Waals surface area (Å²) >= 11 is 2.57. The first-order valence-electron chi connectivity index (χ1n) is 8.74. The number of carbonyl (C=O) groups excluding carboxylic acids is 1. The van der Waals surface area contributed by atoms with Crippen molar-refractivity contribution in [2.24, 2.45) is 0 Å². The number of ether oxygens (including phenoxy) is 2. The van der Waals surface area contributed by atoms with Crippen molar-refractivity contribution < 1.29 is 18.7 Å². The number of benzene rings is 1. The third-order valence-electron chi connectivity index (χ3n) is 3.88. The van der Waals surface area contributed by atoms with Gasteiger partial charge in [0.25, 0.3) is 5.22 Å². The summed E-state index contributed by atoms with van der Waals surface area (Å²) in [5.41, 5.74) is 1.59. The third-order valence-corrected chi connectivity index (χ3v) is 5.46. The molecule has 2 heterocycles. The van der Waals surface area contributed by atoms with E-state index >= 15 is 0 Å². The second-order valence-corrected chi connectivity index (χ2v) is 8.85. The van der Waals surface area contributed by atoms with E-state index in [9.17, 15) is 4.79 Å². The van der Waals surface area contributed by atoms with E-state index in [2.05, 4.69) is 41.3 Å². The zero-order valence-electron chi connectivity index (χ0n) is 16.8. The molecular weight excluding hydrogens is 412 g/mol. The van der Waals surface area contributed by atoms with E-state index in [1.165, 1.54) is 11.3 Å². The number of anilines is 1. The number of thioether (sulfide) groups is 1. The van der Waals surface area contributed by atoms with Crippen LogP contribution in [0.3, 0.4) is 0 Å². The molecule has 3 aromatic rings. The SMILES string of the molecule is COc1ccc(-c2nnc(SCC(=O)Nc3nc(C(C)(C)C)cs3)o2)cc1OC. The normalized spacial score (nSPS) is 11.3. The molecule has 0 unspecified atom stereocenters. The quantitative estimate of drug-likeness (QED) is 0.551. The molecule has 0 radical (unpaired) electrons. The van der Waals surface area contributed by atoms with Crippen molar-refractivity contribution in [2.45, 2.75) is 31.4 Å². The summed E-state index contributed by atoms with van der Waals surface area (Å²) in [6.45, 7) is 6.24. The van der Waals surface area contributed by atoms with Gasteiger partial charge in [-0.3, -0.25) is 4.79 Å². The summed E-state index contributed by atoms with van der Waals surface area (Å²) < 4.78 is 16.2. The standard InChI is InChI=1S/C19H22N4O4S2/c1-19(2,3)14-9-28-17(20-14)21-15(24)10-29-18-23-22-16(27-18)11-6-7-12(25-4)13(8-11)26-5/h6-9H,10H2,1-5H3,(H,20,21,24). The lowest BCUT2D eigenvalue weighted by Gasteiger charge is -2.14. The van der Waals surface area contributed by atoms with Gasteiger partial charge in [0, 0.05) is 16.4 Å². The van der Waals surface area contributed by atoms with Crippen LogP contribution in [0.25, 0.3) is 11.5 Å². The van der Waals surface area contributed by atoms with Crippen LogP contribution in [0.15, 0.2) is 33.2 Å². The molecule has 0 atom stereocenters. The summed E-state index contributed by atoms with van der Waals surface area (Å²) in [5, 5.41) is 13.7. The number of rotatable bonds is 7. The van der Waals surface area contributed by atoms with Gasteiger partial charge in [0.2, 0.25) is 11.8 Å². The summed E-state index contributed by atoms with van der Waals surface area (Å²) in [5.74, 6) is 1.46. The van der Waals surface area contributed by atoms with Gasteiger partial charge in [-0.05, 0) is 18.2 Å². The highest BCUT2D eigenvalue weighted by Crippen LogP contribution is 2.32. The van der Waals surface area contributed by atoms with Crippen LogP contribution in [0.1, 0.15) is 26.5 Å². The second kappa shape index (κ2) is 8.83. The summed E-state index contributed by atoms with van der Waals surface area (Å²) in [7, 11) is 3.13. The summed E-state index contributed by atoms with van der Waals surface area (Å²) in [4.78, 5) is 16.6. The number of hydrogen-bond donors (Lipinski definition) is 1. The van der Waals surface area contributed by atoms with E-state index in [0.717, 1.165) is 17.5 Å². The minimum atomic E-state index is -0.185. The van der Waals surface area contributed by atoms with E-state index < -0.39 is 0 Å². The van der Waals surface area contributed by atoms with Crippen molar-refractivity contribution in [3.8, 4) is 23.0 Å². The lowest BCUT2D eigenvalue weighted by Crippen LogP contribution is -2.15. The first kappa shape index (κ1) is 21.1. The van der Waals surface area contributed by atoms with Crippen LogP contribution in [0.2, 0.25) is 0 Å². The van der Waals surface area contributed by atoms with Crippen LogP contribution >= 0.6 is 23.1 Å². The Morgan fingerprint density at radius 3 is 2.62 bits per heavy atom. The Kier molecular flexibility index (Phi) is 6.43. The highest BCUT2D eigenvalue weighted by Gasteiger charge is 2.19. The van der Waals surface area contributed by atoms with E-state index in [0.29, 0.717) is 33.3 Å². The number of thiazole rings is 1. The summed E-state index contributed by atoms with van der Waals surface area (Å²) in [6, 6.07) is 5.31. The smallest absolute Gasteiger partial charge is 0.277 e. The number of amides is 1. The van der Waals surface area contributed by atoms with E-state index in [4.69, 9.17) is 13.9 Å². The lowest BCUT2D eigenvalue weighted by atomic mass is 9.93. The Labute approximate surface area is 177 Å². The average Bonchev–Trinajstić information content (AvgIpc) is 3.35. The highest BCUT2D eigenvalue weighted by molar-refractivity contribution is 7.99. The van der Waals surface area contributed by atoms with Crippen LogP contribution in [0, 0.1) is 0 Å². The molecule has 29 heavy (non-hydrogen) atoms. The Morgan fingerprint density at radius 2 is 1.97 bits per heavy atom. The zero-order chi connectivity index (χ0) is 21.0. The second-order valence-electron chi connectivity index (χ2n) is 7.07. The van der Waals surface area contributed by atoms with Crippen LogP contribution < -0.4 is 14.8 Å². The van der Waals surface area contributed by atoms with Gasteiger partial charge in [-0.25, -0.2) is 4.98 Å².